The van der Waals surface area contributed by atoms with Gasteiger partial charge in [0.25, 0.3) is 5.91 Å². The van der Waals surface area contributed by atoms with Gasteiger partial charge in [0, 0.05) is 7.11 Å². The topological polar surface area (TPSA) is 82.8 Å². The molecule has 0 saturated carbocycles. The maximum absolute atomic E-state index is 11.2. The molecule has 3 unspecified atom stereocenters. The van der Waals surface area contributed by atoms with Crippen LogP contribution in [0.2, 0.25) is 0 Å². The Bertz CT molecular complexity index is 225. The van der Waals surface area contributed by atoms with Gasteiger partial charge in [-0.05, 0) is 19.8 Å². The number of hydrazine groups is 1. The Balaban J connectivity index is 2.19. The smallest absolute Gasteiger partial charge is 0.263 e. The van der Waals surface area contributed by atoms with Crippen molar-refractivity contribution < 1.29 is 19.0 Å². The lowest BCUT2D eigenvalue weighted by molar-refractivity contribution is -0.134. The highest BCUT2D eigenvalue weighted by molar-refractivity contribution is 5.80. The molecule has 0 spiro atoms. The molecule has 0 aliphatic carbocycles. The van der Waals surface area contributed by atoms with Crippen LogP contribution in [0.25, 0.3) is 0 Å². The van der Waals surface area contributed by atoms with E-state index in [9.17, 15) is 4.79 Å². The second kappa shape index (κ2) is 6.80. The van der Waals surface area contributed by atoms with E-state index in [0.717, 1.165) is 6.42 Å². The lowest BCUT2D eigenvalue weighted by Gasteiger charge is -2.16. The van der Waals surface area contributed by atoms with Crippen LogP contribution in [0.3, 0.4) is 0 Å². The molecule has 1 saturated heterocycles. The summed E-state index contributed by atoms with van der Waals surface area (Å²) < 4.78 is 15.9. The van der Waals surface area contributed by atoms with Crippen molar-refractivity contribution in [3.8, 4) is 0 Å². The maximum atomic E-state index is 11.2. The molecule has 0 aromatic carbocycles. The number of methoxy groups -OCH3 is 1. The molecule has 0 radical (unpaired) electrons. The van der Waals surface area contributed by atoms with Crippen molar-refractivity contribution in [2.24, 2.45) is 5.84 Å². The highest BCUT2D eigenvalue weighted by Crippen LogP contribution is 2.20. The van der Waals surface area contributed by atoms with Gasteiger partial charge in [-0.1, -0.05) is 0 Å². The molecular weight excluding hydrogens is 212 g/mol. The van der Waals surface area contributed by atoms with Crippen LogP contribution in [0.5, 0.6) is 0 Å². The van der Waals surface area contributed by atoms with Crippen molar-refractivity contribution in [1.29, 1.82) is 0 Å². The fourth-order valence-corrected chi connectivity index (χ4v) is 1.67. The first-order chi connectivity index (χ1) is 7.67. The van der Waals surface area contributed by atoms with Crippen LogP contribution in [-0.4, -0.2) is 44.5 Å². The van der Waals surface area contributed by atoms with Gasteiger partial charge in [-0.25, -0.2) is 5.84 Å². The van der Waals surface area contributed by atoms with Crippen molar-refractivity contribution >= 4 is 5.91 Å². The van der Waals surface area contributed by atoms with Crippen LogP contribution in [0.15, 0.2) is 0 Å². The van der Waals surface area contributed by atoms with E-state index in [0.29, 0.717) is 19.6 Å². The number of hydrogen-bond donors (Lipinski definition) is 2. The zero-order chi connectivity index (χ0) is 12.0. The van der Waals surface area contributed by atoms with E-state index < -0.39 is 6.10 Å². The van der Waals surface area contributed by atoms with Crippen LogP contribution in [0.1, 0.15) is 19.8 Å². The molecule has 0 bridgehead atoms. The molecule has 6 nitrogen and oxygen atoms in total. The summed E-state index contributed by atoms with van der Waals surface area (Å²) >= 11 is 0. The highest BCUT2D eigenvalue weighted by Gasteiger charge is 2.30. The summed E-state index contributed by atoms with van der Waals surface area (Å²) in [7, 11) is 1.63. The average Bonchev–Trinajstić information content (AvgIpc) is 2.74. The number of nitrogens with two attached hydrogens (primary N) is 1. The summed E-state index contributed by atoms with van der Waals surface area (Å²) in [5, 5.41) is 0. The minimum absolute atomic E-state index is 0.0263. The molecule has 1 heterocycles. The third kappa shape index (κ3) is 4.05. The third-order valence-electron chi connectivity index (χ3n) is 2.51. The number of rotatable bonds is 6. The molecule has 0 aromatic rings. The molecule has 1 aliphatic rings. The lowest BCUT2D eigenvalue weighted by atomic mass is 10.2. The van der Waals surface area contributed by atoms with Crippen LogP contribution in [0, 0.1) is 0 Å². The van der Waals surface area contributed by atoms with Gasteiger partial charge in [0.2, 0.25) is 0 Å². The third-order valence-corrected chi connectivity index (χ3v) is 2.51. The largest absolute Gasteiger partial charge is 0.382 e. The van der Waals surface area contributed by atoms with Gasteiger partial charge < -0.3 is 14.2 Å². The monoisotopic (exact) mass is 232 g/mol. The molecule has 3 N–H and O–H groups in total. The van der Waals surface area contributed by atoms with Gasteiger partial charge in [0.05, 0.1) is 25.4 Å². The molecule has 3 atom stereocenters. The number of amides is 1. The first kappa shape index (κ1) is 13.4. The number of ether oxygens (including phenoxy) is 3. The van der Waals surface area contributed by atoms with E-state index in [2.05, 4.69) is 5.43 Å². The van der Waals surface area contributed by atoms with Crippen molar-refractivity contribution in [1.82, 2.24) is 5.43 Å². The quantitative estimate of drug-likeness (QED) is 0.369. The summed E-state index contributed by atoms with van der Waals surface area (Å²) in [5.74, 6) is 4.76. The predicted molar refractivity (Wildman–Crippen MR) is 57.5 cm³/mol. The fourth-order valence-electron chi connectivity index (χ4n) is 1.67. The van der Waals surface area contributed by atoms with E-state index in [-0.39, 0.29) is 18.1 Å². The maximum Gasteiger partial charge on any atom is 0.263 e. The van der Waals surface area contributed by atoms with Crippen LogP contribution >= 0.6 is 0 Å². The highest BCUT2D eigenvalue weighted by atomic mass is 16.6. The standard InChI is InChI=1S/C10H20N2O4/c1-7(5-14-2)15-6-8-3-4-9(16-8)10(13)12-11/h7-9H,3-6,11H2,1-2H3,(H,12,13). The number of carbonyl (C=O) groups excluding carboxylic acids is 1. The molecule has 6 heteroatoms. The van der Waals surface area contributed by atoms with Gasteiger partial charge >= 0.3 is 0 Å². The SMILES string of the molecule is COCC(C)OCC1CCC(C(=O)NN)O1. The van der Waals surface area contributed by atoms with Crippen molar-refractivity contribution in [2.45, 2.75) is 38.1 Å². The molecular formula is C10H20N2O4. The van der Waals surface area contributed by atoms with Gasteiger partial charge in [0.1, 0.15) is 6.10 Å². The Morgan fingerprint density at radius 2 is 2.38 bits per heavy atom. The molecule has 16 heavy (non-hydrogen) atoms. The number of carbonyl (C=O) groups is 1. The Kier molecular flexibility index (Phi) is 5.68. The molecule has 1 fully saturated rings. The van der Waals surface area contributed by atoms with Crippen molar-refractivity contribution in [3.05, 3.63) is 0 Å². The zero-order valence-electron chi connectivity index (χ0n) is 9.77. The molecule has 1 aliphatic heterocycles. The van der Waals surface area contributed by atoms with Crippen LogP contribution in [-0.2, 0) is 19.0 Å². The van der Waals surface area contributed by atoms with Gasteiger partial charge in [-0.2, -0.15) is 0 Å². The predicted octanol–water partition coefficient (Wildman–Crippen LogP) is -0.425. The summed E-state index contributed by atoms with van der Waals surface area (Å²) in [5.41, 5.74) is 2.09. The van der Waals surface area contributed by atoms with E-state index in [4.69, 9.17) is 20.1 Å². The lowest BCUT2D eigenvalue weighted by Crippen LogP contribution is -2.39. The Morgan fingerprint density at radius 3 is 3.00 bits per heavy atom. The summed E-state index contributed by atoms with van der Waals surface area (Å²) in [6, 6.07) is 0. The summed E-state index contributed by atoms with van der Waals surface area (Å²) in [4.78, 5) is 11.2. The molecule has 94 valence electrons. The molecule has 1 rings (SSSR count). The van der Waals surface area contributed by atoms with Crippen molar-refractivity contribution in [2.75, 3.05) is 20.3 Å². The van der Waals surface area contributed by atoms with E-state index in [1.54, 1.807) is 7.11 Å². The zero-order valence-corrected chi connectivity index (χ0v) is 9.77. The van der Waals surface area contributed by atoms with Crippen molar-refractivity contribution in [3.63, 3.8) is 0 Å². The van der Waals surface area contributed by atoms with Gasteiger partial charge in [-0.15, -0.1) is 0 Å². The van der Waals surface area contributed by atoms with E-state index in [1.807, 2.05) is 6.92 Å². The Labute approximate surface area is 95.4 Å². The average molecular weight is 232 g/mol. The van der Waals surface area contributed by atoms with Gasteiger partial charge in [0.15, 0.2) is 0 Å². The molecule has 1 amide bonds. The minimum atomic E-state index is -0.434. The Hall–Kier alpha value is -0.690. The molecule has 0 aromatic heterocycles. The second-order valence-corrected chi connectivity index (χ2v) is 3.93. The van der Waals surface area contributed by atoms with Gasteiger partial charge in [-0.3, -0.25) is 10.2 Å². The second-order valence-electron chi connectivity index (χ2n) is 3.93. The van der Waals surface area contributed by atoms with Crippen LogP contribution in [0.4, 0.5) is 0 Å². The minimum Gasteiger partial charge on any atom is -0.382 e. The van der Waals surface area contributed by atoms with E-state index >= 15 is 0 Å². The normalized spacial score (nSPS) is 26.7. The summed E-state index contributed by atoms with van der Waals surface area (Å²) in [6.45, 7) is 2.97. The first-order valence-electron chi connectivity index (χ1n) is 5.43. The van der Waals surface area contributed by atoms with Crippen LogP contribution < -0.4 is 11.3 Å². The van der Waals surface area contributed by atoms with E-state index in [1.165, 1.54) is 0 Å². The Morgan fingerprint density at radius 1 is 1.62 bits per heavy atom. The number of hydrogen-bond acceptors (Lipinski definition) is 5. The fraction of sp³-hybridized carbons (Fsp3) is 0.900. The first-order valence-corrected chi connectivity index (χ1v) is 5.43. The number of nitrogens with one attached hydrogen (secondary N) is 1. The summed E-state index contributed by atoms with van der Waals surface area (Å²) in [6.07, 6.45) is 1.09.